The lowest BCUT2D eigenvalue weighted by Gasteiger charge is -2.11. The molecule has 0 spiro atoms. The van der Waals surface area contributed by atoms with E-state index in [-0.39, 0.29) is 18.3 Å². The average molecular weight is 327 g/mol. The van der Waals surface area contributed by atoms with Crippen molar-refractivity contribution in [1.82, 2.24) is 19.9 Å². The molecule has 6 nitrogen and oxygen atoms in total. The molecule has 2 N–H and O–H groups in total. The van der Waals surface area contributed by atoms with Crippen LogP contribution in [0, 0.1) is 5.82 Å². The number of rotatable bonds is 6. The molecule has 0 aliphatic heterocycles. The van der Waals surface area contributed by atoms with E-state index in [1.807, 2.05) is 6.92 Å². The molecule has 0 radical (unpaired) electrons. The molecule has 2 aromatic heterocycles. The smallest absolute Gasteiger partial charge is 0.239 e. The average Bonchev–Trinajstić information content (AvgIpc) is 3.07. The Kier molecular flexibility index (Phi) is 4.69. The zero-order chi connectivity index (χ0) is 16.9. The van der Waals surface area contributed by atoms with Crippen molar-refractivity contribution in [1.29, 1.82) is 0 Å². The van der Waals surface area contributed by atoms with Gasteiger partial charge in [-0.2, -0.15) is 9.61 Å². The van der Waals surface area contributed by atoms with Gasteiger partial charge in [0.2, 0.25) is 5.91 Å². The van der Waals surface area contributed by atoms with Crippen molar-refractivity contribution >= 4 is 17.4 Å². The van der Waals surface area contributed by atoms with Crippen LogP contribution in [0.3, 0.4) is 0 Å². The molecule has 0 saturated carbocycles. The first-order valence-electron chi connectivity index (χ1n) is 7.78. The minimum Gasteiger partial charge on any atom is -0.361 e. The highest BCUT2D eigenvalue weighted by atomic mass is 19.1. The van der Waals surface area contributed by atoms with Gasteiger partial charge in [-0.25, -0.2) is 9.37 Å². The number of aromatic nitrogens is 3. The topological polar surface area (TPSA) is 71.3 Å². The first kappa shape index (κ1) is 15.9. The van der Waals surface area contributed by atoms with Gasteiger partial charge >= 0.3 is 0 Å². The summed E-state index contributed by atoms with van der Waals surface area (Å²) in [6.45, 7) is 2.79. The highest BCUT2D eigenvalue weighted by Gasteiger charge is 2.09. The molecule has 124 valence electrons. The van der Waals surface area contributed by atoms with Gasteiger partial charge in [0, 0.05) is 24.2 Å². The second kappa shape index (κ2) is 7.08. The van der Waals surface area contributed by atoms with Crippen molar-refractivity contribution < 1.29 is 9.18 Å². The van der Waals surface area contributed by atoms with Crippen molar-refractivity contribution in [3.63, 3.8) is 0 Å². The fraction of sp³-hybridized carbons (Fsp3) is 0.235. The standard InChI is InChI=1S/C17H18FN5O/c1-2-8-19-17(24)11-20-16-10-14(12-3-5-13(18)6-4-12)22-15-7-9-21-23(15)16/h3-7,9-10,20H,2,8,11H2,1H3,(H,19,24). The van der Waals surface area contributed by atoms with Crippen LogP contribution in [-0.2, 0) is 4.79 Å². The van der Waals surface area contributed by atoms with Gasteiger partial charge < -0.3 is 10.6 Å². The highest BCUT2D eigenvalue weighted by molar-refractivity contribution is 5.80. The lowest BCUT2D eigenvalue weighted by molar-refractivity contribution is -0.119. The predicted octanol–water partition coefficient (Wildman–Crippen LogP) is 2.47. The van der Waals surface area contributed by atoms with Crippen LogP contribution in [0.15, 0.2) is 42.6 Å². The molecule has 3 aromatic rings. The first-order chi connectivity index (χ1) is 11.7. The van der Waals surface area contributed by atoms with Gasteiger partial charge in [0.25, 0.3) is 0 Å². The van der Waals surface area contributed by atoms with Crippen LogP contribution in [0.4, 0.5) is 10.2 Å². The SMILES string of the molecule is CCCNC(=O)CNc1cc(-c2ccc(F)cc2)nc2ccnn12. The molecular weight excluding hydrogens is 309 g/mol. The van der Waals surface area contributed by atoms with Crippen LogP contribution in [0.2, 0.25) is 0 Å². The molecule has 0 fully saturated rings. The number of nitrogens with one attached hydrogen (secondary N) is 2. The van der Waals surface area contributed by atoms with Gasteiger partial charge in [-0.15, -0.1) is 0 Å². The monoisotopic (exact) mass is 327 g/mol. The fourth-order valence-corrected chi connectivity index (χ4v) is 2.31. The van der Waals surface area contributed by atoms with Crippen LogP contribution < -0.4 is 10.6 Å². The predicted molar refractivity (Wildman–Crippen MR) is 90.2 cm³/mol. The molecule has 1 aromatic carbocycles. The van der Waals surface area contributed by atoms with E-state index >= 15 is 0 Å². The lowest BCUT2D eigenvalue weighted by atomic mass is 10.1. The molecule has 0 unspecified atom stereocenters. The number of benzene rings is 1. The number of carbonyl (C=O) groups is 1. The van der Waals surface area contributed by atoms with Gasteiger partial charge in [0.05, 0.1) is 18.4 Å². The normalized spacial score (nSPS) is 10.8. The van der Waals surface area contributed by atoms with Crippen molar-refractivity contribution in [2.75, 3.05) is 18.4 Å². The van der Waals surface area contributed by atoms with E-state index in [0.717, 1.165) is 12.0 Å². The Balaban J connectivity index is 1.87. The Bertz CT molecular complexity index is 844. The molecule has 0 atom stereocenters. The molecule has 2 heterocycles. The summed E-state index contributed by atoms with van der Waals surface area (Å²) in [5, 5.41) is 10.1. The molecular formula is C17H18FN5O. The van der Waals surface area contributed by atoms with Gasteiger partial charge in [-0.1, -0.05) is 6.92 Å². The van der Waals surface area contributed by atoms with Crippen LogP contribution in [0.5, 0.6) is 0 Å². The van der Waals surface area contributed by atoms with E-state index in [2.05, 4.69) is 20.7 Å². The van der Waals surface area contributed by atoms with Crippen molar-refractivity contribution in [2.45, 2.75) is 13.3 Å². The highest BCUT2D eigenvalue weighted by Crippen LogP contribution is 2.22. The number of anilines is 1. The minimum absolute atomic E-state index is 0.0858. The third-order valence-corrected chi connectivity index (χ3v) is 3.50. The maximum absolute atomic E-state index is 13.1. The van der Waals surface area contributed by atoms with Crippen LogP contribution in [-0.4, -0.2) is 33.6 Å². The number of hydrogen-bond acceptors (Lipinski definition) is 4. The summed E-state index contributed by atoms with van der Waals surface area (Å²) in [4.78, 5) is 16.3. The zero-order valence-electron chi connectivity index (χ0n) is 13.3. The summed E-state index contributed by atoms with van der Waals surface area (Å²) in [5.74, 6) is 0.267. The van der Waals surface area contributed by atoms with Crippen LogP contribution in [0.25, 0.3) is 16.9 Å². The second-order valence-corrected chi connectivity index (χ2v) is 5.34. The number of fused-ring (bicyclic) bond motifs is 1. The molecule has 7 heteroatoms. The summed E-state index contributed by atoms with van der Waals surface area (Å²) < 4.78 is 14.7. The van der Waals surface area contributed by atoms with Crippen molar-refractivity contribution in [3.05, 3.63) is 48.4 Å². The maximum atomic E-state index is 13.1. The quantitative estimate of drug-likeness (QED) is 0.730. The Labute approximate surface area is 138 Å². The van der Waals surface area contributed by atoms with E-state index in [1.54, 1.807) is 35.0 Å². The number of carbonyl (C=O) groups excluding carboxylic acids is 1. The maximum Gasteiger partial charge on any atom is 0.239 e. The van der Waals surface area contributed by atoms with E-state index < -0.39 is 0 Å². The number of nitrogens with zero attached hydrogens (tertiary/aromatic N) is 3. The minimum atomic E-state index is -0.296. The summed E-state index contributed by atoms with van der Waals surface area (Å²) in [6, 6.07) is 9.69. The molecule has 24 heavy (non-hydrogen) atoms. The third kappa shape index (κ3) is 3.51. The summed E-state index contributed by atoms with van der Waals surface area (Å²) in [5.41, 5.74) is 2.12. The molecule has 3 rings (SSSR count). The van der Waals surface area contributed by atoms with Gasteiger partial charge in [0.15, 0.2) is 5.65 Å². The number of halogens is 1. The third-order valence-electron chi connectivity index (χ3n) is 3.50. The molecule has 1 amide bonds. The fourth-order valence-electron chi connectivity index (χ4n) is 2.31. The van der Waals surface area contributed by atoms with E-state index in [4.69, 9.17) is 0 Å². The van der Waals surface area contributed by atoms with E-state index in [1.165, 1.54) is 12.1 Å². The Morgan fingerprint density at radius 3 is 2.79 bits per heavy atom. The molecule has 0 bridgehead atoms. The first-order valence-corrected chi connectivity index (χ1v) is 7.78. The van der Waals surface area contributed by atoms with Crippen molar-refractivity contribution in [3.8, 4) is 11.3 Å². The Hall–Kier alpha value is -2.96. The lowest BCUT2D eigenvalue weighted by Crippen LogP contribution is -2.30. The molecule has 0 saturated heterocycles. The Morgan fingerprint density at radius 1 is 1.25 bits per heavy atom. The number of hydrogen-bond donors (Lipinski definition) is 2. The number of amides is 1. The largest absolute Gasteiger partial charge is 0.361 e. The van der Waals surface area contributed by atoms with Crippen LogP contribution >= 0.6 is 0 Å². The van der Waals surface area contributed by atoms with Gasteiger partial charge in [0.1, 0.15) is 11.6 Å². The Morgan fingerprint density at radius 2 is 2.04 bits per heavy atom. The van der Waals surface area contributed by atoms with E-state index in [9.17, 15) is 9.18 Å². The van der Waals surface area contributed by atoms with Crippen molar-refractivity contribution in [2.24, 2.45) is 0 Å². The molecule has 0 aliphatic carbocycles. The summed E-state index contributed by atoms with van der Waals surface area (Å²) in [6.07, 6.45) is 2.53. The second-order valence-electron chi connectivity index (χ2n) is 5.34. The summed E-state index contributed by atoms with van der Waals surface area (Å²) >= 11 is 0. The summed E-state index contributed by atoms with van der Waals surface area (Å²) in [7, 11) is 0. The zero-order valence-corrected chi connectivity index (χ0v) is 13.3. The van der Waals surface area contributed by atoms with Gasteiger partial charge in [-0.05, 0) is 30.7 Å². The van der Waals surface area contributed by atoms with Gasteiger partial charge in [-0.3, -0.25) is 4.79 Å². The van der Waals surface area contributed by atoms with Crippen LogP contribution in [0.1, 0.15) is 13.3 Å². The molecule has 0 aliphatic rings. The van der Waals surface area contributed by atoms with E-state index in [0.29, 0.717) is 23.7 Å².